The normalized spacial score (nSPS) is 24.3. The summed E-state index contributed by atoms with van der Waals surface area (Å²) in [6, 6.07) is 0.286. The number of aromatic nitrogens is 6. The second kappa shape index (κ2) is 6.99. The Hall–Kier alpha value is -3.53. The van der Waals surface area contributed by atoms with Gasteiger partial charge in [-0.25, -0.2) is 9.97 Å². The lowest BCUT2D eigenvalue weighted by atomic mass is 9.63. The fourth-order valence-electron chi connectivity index (χ4n) is 4.39. The number of allylic oxidation sites excluding steroid dienone is 2. The van der Waals surface area contributed by atoms with E-state index in [0.29, 0.717) is 19.1 Å². The summed E-state index contributed by atoms with van der Waals surface area (Å²) in [5.41, 5.74) is 7.89. The molecule has 3 aliphatic rings. The van der Waals surface area contributed by atoms with Gasteiger partial charge in [-0.3, -0.25) is 4.68 Å². The fraction of sp³-hybridized carbons (Fsp3) is 0.409. The lowest BCUT2D eigenvalue weighted by molar-refractivity contribution is -0.0286. The van der Waals surface area contributed by atoms with Gasteiger partial charge in [0.15, 0.2) is 5.82 Å². The molecule has 0 bridgehead atoms. The number of rotatable bonds is 5. The number of dihydropyridines is 1. The van der Waals surface area contributed by atoms with Gasteiger partial charge in [0.2, 0.25) is 5.95 Å². The van der Waals surface area contributed by atoms with Crippen LogP contribution in [-0.4, -0.2) is 43.1 Å². The molecule has 164 valence electrons. The molecule has 3 aromatic rings. The van der Waals surface area contributed by atoms with E-state index in [-0.39, 0.29) is 17.4 Å². The van der Waals surface area contributed by atoms with Crippen LogP contribution in [0.3, 0.4) is 0 Å². The highest BCUT2D eigenvalue weighted by atomic mass is 16.5. The van der Waals surface area contributed by atoms with Crippen LogP contribution in [0.1, 0.15) is 43.6 Å². The summed E-state index contributed by atoms with van der Waals surface area (Å²) in [6.45, 7) is 3.46. The van der Waals surface area contributed by atoms with Crippen molar-refractivity contribution < 1.29 is 9.26 Å². The maximum Gasteiger partial charge on any atom is 0.261 e. The van der Waals surface area contributed by atoms with Crippen molar-refractivity contribution in [3.05, 3.63) is 60.1 Å². The van der Waals surface area contributed by atoms with Crippen LogP contribution in [0.15, 0.2) is 53.2 Å². The molecule has 0 aromatic carbocycles. The molecule has 1 saturated heterocycles. The number of nitrogens with two attached hydrogens (primary N) is 1. The highest BCUT2D eigenvalue weighted by molar-refractivity contribution is 5.51. The number of ether oxygens (including phenoxy) is 1. The van der Waals surface area contributed by atoms with E-state index in [9.17, 15) is 0 Å². The number of nitrogens with one attached hydrogen (secondary N) is 1. The summed E-state index contributed by atoms with van der Waals surface area (Å²) in [4.78, 5) is 13.0. The molecule has 1 saturated carbocycles. The van der Waals surface area contributed by atoms with Crippen molar-refractivity contribution in [3.63, 3.8) is 0 Å². The molecule has 2 aliphatic heterocycles. The molecule has 10 nitrogen and oxygen atoms in total. The average molecular weight is 432 g/mol. The molecule has 2 fully saturated rings. The predicted molar refractivity (Wildman–Crippen MR) is 115 cm³/mol. The van der Waals surface area contributed by atoms with Gasteiger partial charge in [-0.15, -0.1) is 0 Å². The third kappa shape index (κ3) is 2.94. The van der Waals surface area contributed by atoms with Crippen LogP contribution in [0.25, 0.3) is 11.5 Å². The van der Waals surface area contributed by atoms with Crippen molar-refractivity contribution in [2.24, 2.45) is 0 Å². The number of anilines is 1. The monoisotopic (exact) mass is 432 g/mol. The third-order valence-electron chi connectivity index (χ3n) is 6.85. The van der Waals surface area contributed by atoms with E-state index in [4.69, 9.17) is 20.0 Å². The second-order valence-corrected chi connectivity index (χ2v) is 8.87. The van der Waals surface area contributed by atoms with E-state index in [2.05, 4.69) is 50.8 Å². The van der Waals surface area contributed by atoms with Crippen LogP contribution < -0.4 is 11.1 Å². The van der Waals surface area contributed by atoms with Crippen LogP contribution in [0.2, 0.25) is 0 Å². The van der Waals surface area contributed by atoms with Gasteiger partial charge in [0.05, 0.1) is 42.0 Å². The average Bonchev–Trinajstić information content (AvgIpc) is 3.38. The zero-order valence-corrected chi connectivity index (χ0v) is 17.7. The van der Waals surface area contributed by atoms with E-state index in [1.807, 2.05) is 10.9 Å². The molecule has 6 rings (SSSR count). The van der Waals surface area contributed by atoms with E-state index >= 15 is 0 Å². The highest BCUT2D eigenvalue weighted by Crippen LogP contribution is 2.49. The Balaban J connectivity index is 1.25. The molecule has 32 heavy (non-hydrogen) atoms. The van der Waals surface area contributed by atoms with Gasteiger partial charge in [-0.1, -0.05) is 23.7 Å². The Morgan fingerprint density at radius 2 is 2.00 bits per heavy atom. The Bertz CT molecular complexity index is 1200. The van der Waals surface area contributed by atoms with Crippen molar-refractivity contribution >= 4 is 5.95 Å². The van der Waals surface area contributed by atoms with Crippen LogP contribution in [-0.2, 0) is 15.7 Å². The third-order valence-corrected chi connectivity index (χ3v) is 6.85. The summed E-state index contributed by atoms with van der Waals surface area (Å²) in [7, 11) is 0. The number of hydrogen-bond donors (Lipinski definition) is 2. The first-order chi connectivity index (χ1) is 15.6. The minimum atomic E-state index is -0.412. The number of hydrogen-bond acceptors (Lipinski definition) is 9. The molecule has 0 spiro atoms. The fourth-order valence-corrected chi connectivity index (χ4v) is 4.39. The van der Waals surface area contributed by atoms with Crippen molar-refractivity contribution in [1.29, 1.82) is 0 Å². The number of nitrogen functional groups attached to an aromatic ring is 1. The summed E-state index contributed by atoms with van der Waals surface area (Å²) < 4.78 is 12.8. The van der Waals surface area contributed by atoms with Gasteiger partial charge in [0.1, 0.15) is 0 Å². The lowest BCUT2D eigenvalue weighted by Crippen LogP contribution is -2.42. The zero-order valence-electron chi connectivity index (χ0n) is 17.7. The summed E-state index contributed by atoms with van der Waals surface area (Å²) in [6.07, 6.45) is 16.6. The maximum atomic E-state index is 5.64. The topological polar surface area (TPSA) is 130 Å². The molecular weight excluding hydrogens is 408 g/mol. The van der Waals surface area contributed by atoms with E-state index in [1.165, 1.54) is 0 Å². The van der Waals surface area contributed by atoms with E-state index < -0.39 is 5.54 Å². The second-order valence-electron chi connectivity index (χ2n) is 8.87. The van der Waals surface area contributed by atoms with Gasteiger partial charge in [0.25, 0.3) is 5.89 Å². The Morgan fingerprint density at radius 3 is 2.62 bits per heavy atom. The smallest absolute Gasteiger partial charge is 0.261 e. The highest BCUT2D eigenvalue weighted by Gasteiger charge is 2.46. The molecule has 0 amide bonds. The summed E-state index contributed by atoms with van der Waals surface area (Å²) in [5.74, 6) is 1.48. The molecule has 1 unspecified atom stereocenters. The Kier molecular flexibility index (Phi) is 4.19. The van der Waals surface area contributed by atoms with E-state index in [1.54, 1.807) is 18.6 Å². The van der Waals surface area contributed by atoms with Crippen molar-refractivity contribution in [2.75, 3.05) is 18.9 Å². The minimum Gasteiger partial charge on any atom is -0.378 e. The Morgan fingerprint density at radius 1 is 1.19 bits per heavy atom. The largest absolute Gasteiger partial charge is 0.378 e. The maximum absolute atomic E-state index is 5.64. The predicted octanol–water partition coefficient (Wildman–Crippen LogP) is 2.26. The SMILES string of the molecule is CC1(c2cnc(N)nc2)C=CC(C2(c3noc(-c4cnn(C5COC5)c4)n3)CCC2)=CN1. The summed E-state index contributed by atoms with van der Waals surface area (Å²) >= 11 is 0. The zero-order chi connectivity index (χ0) is 21.8. The molecule has 5 heterocycles. The lowest BCUT2D eigenvalue weighted by Gasteiger charge is -2.42. The van der Waals surface area contributed by atoms with Crippen molar-refractivity contribution in [1.82, 2.24) is 35.2 Å². The first kappa shape index (κ1) is 19.2. The first-order valence-electron chi connectivity index (χ1n) is 10.8. The van der Waals surface area contributed by atoms with Gasteiger partial charge >= 0.3 is 0 Å². The van der Waals surface area contributed by atoms with Gasteiger partial charge in [-0.2, -0.15) is 10.1 Å². The molecule has 3 aromatic heterocycles. The van der Waals surface area contributed by atoms with Crippen LogP contribution in [0.4, 0.5) is 5.95 Å². The molecule has 1 atom stereocenters. The molecule has 0 radical (unpaired) electrons. The van der Waals surface area contributed by atoms with Crippen LogP contribution in [0, 0.1) is 0 Å². The van der Waals surface area contributed by atoms with Gasteiger partial charge in [0, 0.05) is 30.4 Å². The minimum absolute atomic E-state index is 0.248. The quantitative estimate of drug-likeness (QED) is 0.623. The summed E-state index contributed by atoms with van der Waals surface area (Å²) in [5, 5.41) is 12.3. The molecule has 10 heteroatoms. The Labute approximate surface area is 184 Å². The molecular formula is C22H24N8O2. The standard InChI is InChI=1S/C22H24N8O2/c1-21(16-8-24-20(23)25-9-16)6-3-15(10-26-21)22(4-2-5-22)19-28-18(32-29-19)14-7-27-30(11-14)17-12-31-13-17/h3,6-11,17,26H,2,4-5,12-13H2,1H3,(H2,23,24,25). The van der Waals surface area contributed by atoms with Crippen LogP contribution in [0.5, 0.6) is 0 Å². The van der Waals surface area contributed by atoms with Gasteiger partial charge < -0.3 is 20.3 Å². The van der Waals surface area contributed by atoms with Gasteiger partial charge in [-0.05, 0) is 25.3 Å². The van der Waals surface area contributed by atoms with Crippen molar-refractivity contribution in [3.8, 4) is 11.5 Å². The van der Waals surface area contributed by atoms with Crippen molar-refractivity contribution in [2.45, 2.75) is 43.2 Å². The molecule has 3 N–H and O–H groups in total. The number of nitrogens with zero attached hydrogens (tertiary/aromatic N) is 6. The first-order valence-corrected chi connectivity index (χ1v) is 10.8. The molecule has 1 aliphatic carbocycles. The van der Waals surface area contributed by atoms with E-state index in [0.717, 1.165) is 41.8 Å². The van der Waals surface area contributed by atoms with Crippen LogP contribution >= 0.6 is 0 Å².